The number of sulfonamides is 1. The third-order valence-electron chi connectivity index (χ3n) is 2.68. The maximum absolute atomic E-state index is 12.3. The Bertz CT molecular complexity index is 646. The number of carbonyl (C=O) groups excluding carboxylic acids is 2. The number of amides is 2. The predicted octanol–water partition coefficient (Wildman–Crippen LogP) is -0.229. The molecule has 1 aliphatic rings. The molecule has 2 heterocycles. The molecule has 2 amide bonds. The summed E-state index contributed by atoms with van der Waals surface area (Å²) < 4.78 is 25.5. The van der Waals surface area contributed by atoms with Gasteiger partial charge in [-0.1, -0.05) is 11.6 Å². The zero-order valence-electron chi connectivity index (χ0n) is 9.83. The first-order chi connectivity index (χ1) is 8.82. The molecule has 19 heavy (non-hydrogen) atoms. The second kappa shape index (κ2) is 4.87. The third-order valence-corrected chi connectivity index (χ3v) is 4.80. The van der Waals surface area contributed by atoms with E-state index >= 15 is 0 Å². The Morgan fingerprint density at radius 3 is 2.79 bits per heavy atom. The highest BCUT2D eigenvalue weighted by molar-refractivity contribution is 7.89. The minimum atomic E-state index is -3.97. The molecule has 0 bridgehead atoms. The summed E-state index contributed by atoms with van der Waals surface area (Å²) in [5.74, 6) is -1.31. The van der Waals surface area contributed by atoms with Crippen molar-refractivity contribution < 1.29 is 18.0 Å². The fraction of sp³-hybridized carbons (Fsp3) is 0.300. The van der Waals surface area contributed by atoms with Crippen LogP contribution >= 0.6 is 11.6 Å². The molecule has 0 radical (unpaired) electrons. The molecule has 1 aromatic rings. The Hall–Kier alpha value is -1.51. The van der Waals surface area contributed by atoms with Gasteiger partial charge >= 0.3 is 0 Å². The molecular weight excluding hydrogens is 294 g/mol. The largest absolute Gasteiger partial charge is 0.294 e. The van der Waals surface area contributed by atoms with E-state index in [1.165, 1.54) is 25.3 Å². The van der Waals surface area contributed by atoms with Crippen molar-refractivity contribution >= 4 is 33.4 Å². The number of hydrogen-bond acceptors (Lipinski definition) is 5. The van der Waals surface area contributed by atoms with Crippen LogP contribution in [0.15, 0.2) is 23.2 Å². The molecule has 0 aromatic carbocycles. The lowest BCUT2D eigenvalue weighted by Crippen LogP contribution is -2.58. The minimum absolute atomic E-state index is 0.0153. The van der Waals surface area contributed by atoms with Gasteiger partial charge in [0.2, 0.25) is 21.8 Å². The highest BCUT2D eigenvalue weighted by Gasteiger charge is 2.38. The van der Waals surface area contributed by atoms with Crippen molar-refractivity contribution in [2.24, 2.45) is 0 Å². The SMILES string of the molecule is CC1C(=O)NC(=O)CN1S(=O)(=O)c1ccnc(Cl)c1. The van der Waals surface area contributed by atoms with Crippen LogP contribution in [0.4, 0.5) is 0 Å². The van der Waals surface area contributed by atoms with Crippen LogP contribution in [-0.2, 0) is 19.6 Å². The van der Waals surface area contributed by atoms with E-state index < -0.39 is 34.4 Å². The maximum atomic E-state index is 12.3. The van der Waals surface area contributed by atoms with Crippen molar-refractivity contribution in [2.75, 3.05) is 6.54 Å². The van der Waals surface area contributed by atoms with Gasteiger partial charge < -0.3 is 0 Å². The number of nitrogens with one attached hydrogen (secondary N) is 1. The third kappa shape index (κ3) is 2.60. The lowest BCUT2D eigenvalue weighted by Gasteiger charge is -2.30. The fourth-order valence-corrected chi connectivity index (χ4v) is 3.47. The summed E-state index contributed by atoms with van der Waals surface area (Å²) in [5.41, 5.74) is 0. The van der Waals surface area contributed by atoms with E-state index in [9.17, 15) is 18.0 Å². The van der Waals surface area contributed by atoms with Crippen molar-refractivity contribution in [3.63, 3.8) is 0 Å². The number of halogens is 1. The number of imide groups is 1. The predicted molar refractivity (Wildman–Crippen MR) is 65.8 cm³/mol. The minimum Gasteiger partial charge on any atom is -0.294 e. The molecule has 1 saturated heterocycles. The van der Waals surface area contributed by atoms with Gasteiger partial charge in [0.15, 0.2) is 0 Å². The van der Waals surface area contributed by atoms with Crippen LogP contribution in [0, 0.1) is 0 Å². The molecule has 2 rings (SSSR count). The average molecular weight is 304 g/mol. The van der Waals surface area contributed by atoms with Crippen LogP contribution in [0.3, 0.4) is 0 Å². The topological polar surface area (TPSA) is 96.4 Å². The molecule has 7 nitrogen and oxygen atoms in total. The Labute approximate surface area is 114 Å². The van der Waals surface area contributed by atoms with Crippen molar-refractivity contribution in [3.05, 3.63) is 23.5 Å². The zero-order valence-corrected chi connectivity index (χ0v) is 11.4. The normalized spacial score (nSPS) is 21.3. The van der Waals surface area contributed by atoms with Gasteiger partial charge in [0.05, 0.1) is 11.4 Å². The summed E-state index contributed by atoms with van der Waals surface area (Å²) in [6.07, 6.45) is 1.24. The van der Waals surface area contributed by atoms with Gasteiger partial charge in [0.25, 0.3) is 0 Å². The molecule has 1 fully saturated rings. The van der Waals surface area contributed by atoms with Crippen molar-refractivity contribution in [3.8, 4) is 0 Å². The van der Waals surface area contributed by atoms with Gasteiger partial charge in [-0.05, 0) is 19.1 Å². The first-order valence-corrected chi connectivity index (χ1v) is 7.11. The average Bonchev–Trinajstić information content (AvgIpc) is 2.33. The number of rotatable bonds is 2. The lowest BCUT2D eigenvalue weighted by molar-refractivity contribution is -0.136. The summed E-state index contributed by atoms with van der Waals surface area (Å²) in [6, 6.07) is 1.46. The number of piperazine rings is 1. The monoisotopic (exact) mass is 303 g/mol. The van der Waals surface area contributed by atoms with Gasteiger partial charge in [-0.25, -0.2) is 13.4 Å². The number of aromatic nitrogens is 1. The van der Waals surface area contributed by atoms with Gasteiger partial charge in [0, 0.05) is 6.20 Å². The molecule has 1 atom stereocenters. The second-order valence-corrected chi connectivity index (χ2v) is 6.23. The van der Waals surface area contributed by atoms with Gasteiger partial charge in [-0.15, -0.1) is 0 Å². The molecule has 9 heteroatoms. The van der Waals surface area contributed by atoms with Crippen molar-refractivity contribution in [2.45, 2.75) is 17.9 Å². The van der Waals surface area contributed by atoms with E-state index in [1.807, 2.05) is 0 Å². The molecule has 1 aromatic heterocycles. The first-order valence-electron chi connectivity index (χ1n) is 5.29. The van der Waals surface area contributed by atoms with Crippen molar-refractivity contribution in [1.82, 2.24) is 14.6 Å². The number of hydrogen-bond donors (Lipinski definition) is 1. The van der Waals surface area contributed by atoms with E-state index in [0.717, 1.165) is 4.31 Å². The molecule has 0 saturated carbocycles. The number of pyridine rings is 1. The van der Waals surface area contributed by atoms with E-state index in [1.54, 1.807) is 0 Å². The highest BCUT2D eigenvalue weighted by atomic mass is 35.5. The first kappa shape index (κ1) is 13.9. The summed E-state index contributed by atoms with van der Waals surface area (Å²) in [4.78, 5) is 26.4. The molecule has 0 spiro atoms. The van der Waals surface area contributed by atoms with Gasteiger partial charge in [-0.2, -0.15) is 4.31 Å². The van der Waals surface area contributed by atoms with E-state index in [2.05, 4.69) is 10.3 Å². The van der Waals surface area contributed by atoms with Crippen LogP contribution in [0.2, 0.25) is 5.15 Å². The number of nitrogens with zero attached hydrogens (tertiary/aromatic N) is 2. The quantitative estimate of drug-likeness (QED) is 0.601. The standard InChI is InChI=1S/C10H10ClN3O4S/c1-6-10(16)13-9(15)5-14(6)19(17,18)7-2-3-12-8(11)4-7/h2-4,6H,5H2,1H3,(H,13,15,16). The molecule has 1 unspecified atom stereocenters. The van der Waals surface area contributed by atoms with Crippen LogP contribution in [0.5, 0.6) is 0 Å². The van der Waals surface area contributed by atoms with E-state index in [4.69, 9.17) is 11.6 Å². The van der Waals surface area contributed by atoms with Gasteiger partial charge in [-0.3, -0.25) is 14.9 Å². The fourth-order valence-electron chi connectivity index (χ4n) is 1.66. The summed E-state index contributed by atoms with van der Waals surface area (Å²) >= 11 is 5.64. The molecule has 1 aliphatic heterocycles. The molecule has 1 N–H and O–H groups in total. The Morgan fingerprint density at radius 2 is 2.16 bits per heavy atom. The zero-order chi connectivity index (χ0) is 14.2. The van der Waals surface area contributed by atoms with Crippen LogP contribution in [0.25, 0.3) is 0 Å². The van der Waals surface area contributed by atoms with E-state index in [0.29, 0.717) is 0 Å². The summed E-state index contributed by atoms with van der Waals surface area (Å²) in [6.45, 7) is 0.997. The van der Waals surface area contributed by atoms with Crippen LogP contribution in [-0.4, -0.2) is 42.1 Å². The number of carbonyl (C=O) groups is 2. The van der Waals surface area contributed by atoms with Crippen LogP contribution in [0.1, 0.15) is 6.92 Å². The second-order valence-electron chi connectivity index (χ2n) is 3.95. The Balaban J connectivity index is 2.44. The lowest BCUT2D eigenvalue weighted by atomic mass is 10.2. The molecular formula is C10H10ClN3O4S. The Kier molecular flexibility index (Phi) is 3.57. The van der Waals surface area contributed by atoms with E-state index in [-0.39, 0.29) is 10.0 Å². The maximum Gasteiger partial charge on any atom is 0.244 e. The highest BCUT2D eigenvalue weighted by Crippen LogP contribution is 2.21. The Morgan fingerprint density at radius 1 is 1.47 bits per heavy atom. The molecule has 0 aliphatic carbocycles. The van der Waals surface area contributed by atoms with Gasteiger partial charge in [0.1, 0.15) is 11.2 Å². The van der Waals surface area contributed by atoms with Crippen LogP contribution < -0.4 is 5.32 Å². The smallest absolute Gasteiger partial charge is 0.244 e. The summed E-state index contributed by atoms with van der Waals surface area (Å²) in [5, 5.41) is 2.09. The molecule has 102 valence electrons. The van der Waals surface area contributed by atoms with Crippen molar-refractivity contribution in [1.29, 1.82) is 0 Å². The summed E-state index contributed by atoms with van der Waals surface area (Å²) in [7, 11) is -3.97.